The summed E-state index contributed by atoms with van der Waals surface area (Å²) in [5, 5.41) is 0.517. The maximum atomic E-state index is 13.1. The van der Waals surface area contributed by atoms with Crippen molar-refractivity contribution >= 4 is 27.5 Å². The largest absolute Gasteiger partial charge is 0.233 e. The van der Waals surface area contributed by atoms with Gasteiger partial charge in [0.1, 0.15) is 11.0 Å². The minimum Gasteiger partial charge on any atom is -0.233 e. The van der Waals surface area contributed by atoms with Gasteiger partial charge in [0, 0.05) is 21.3 Å². The van der Waals surface area contributed by atoms with Crippen LogP contribution in [-0.4, -0.2) is 9.97 Å². The van der Waals surface area contributed by atoms with Crippen molar-refractivity contribution in [3.05, 3.63) is 44.9 Å². The number of fused-ring (bicyclic) bond motifs is 1. The van der Waals surface area contributed by atoms with Gasteiger partial charge >= 0.3 is 0 Å². The van der Waals surface area contributed by atoms with Crippen LogP contribution in [0.5, 0.6) is 0 Å². The molecule has 0 radical (unpaired) electrons. The molecule has 0 saturated carbocycles. The highest BCUT2D eigenvalue weighted by Gasteiger charge is 2.19. The van der Waals surface area contributed by atoms with E-state index in [9.17, 15) is 4.39 Å². The van der Waals surface area contributed by atoms with E-state index in [1.165, 1.54) is 12.1 Å². The molecule has 0 aliphatic heterocycles. The highest BCUT2D eigenvalue weighted by atomic mass is 79.9. The molecule has 2 nitrogen and oxygen atoms in total. The quantitative estimate of drug-likeness (QED) is 0.734. The van der Waals surface area contributed by atoms with Gasteiger partial charge in [-0.05, 0) is 53.4 Å². The highest BCUT2D eigenvalue weighted by Crippen LogP contribution is 2.31. The maximum absolute atomic E-state index is 13.1. The van der Waals surface area contributed by atoms with Crippen LogP contribution in [0.4, 0.5) is 4.39 Å². The third-order valence-corrected chi connectivity index (χ3v) is 4.02. The molecule has 0 bridgehead atoms. The summed E-state index contributed by atoms with van der Waals surface area (Å²) >= 11 is 9.49. The third kappa shape index (κ3) is 2.04. The zero-order valence-corrected chi connectivity index (χ0v) is 11.7. The SMILES string of the molecule is Fc1ccc(-c2nc(Cl)c3c(n2)CCC3)c(Br)c1. The summed E-state index contributed by atoms with van der Waals surface area (Å²) in [5.74, 6) is 0.255. The van der Waals surface area contributed by atoms with Crippen LogP contribution in [0.3, 0.4) is 0 Å². The van der Waals surface area contributed by atoms with E-state index in [1.54, 1.807) is 6.07 Å². The Kier molecular flexibility index (Phi) is 3.08. The highest BCUT2D eigenvalue weighted by molar-refractivity contribution is 9.10. The van der Waals surface area contributed by atoms with Gasteiger partial charge in [-0.15, -0.1) is 0 Å². The van der Waals surface area contributed by atoms with E-state index in [2.05, 4.69) is 25.9 Å². The number of rotatable bonds is 1. The lowest BCUT2D eigenvalue weighted by Crippen LogP contribution is -1.98. The zero-order chi connectivity index (χ0) is 12.7. The molecule has 1 aromatic carbocycles. The first kappa shape index (κ1) is 12.1. The molecule has 1 aromatic heterocycles. The standard InChI is InChI=1S/C13H9BrClFN2/c14-10-6-7(16)4-5-8(10)13-17-11-3-1-2-9(11)12(15)18-13/h4-6H,1-3H2. The van der Waals surface area contributed by atoms with Crippen LogP contribution >= 0.6 is 27.5 Å². The molecule has 0 fully saturated rings. The summed E-state index contributed by atoms with van der Waals surface area (Å²) in [6.07, 6.45) is 2.94. The summed E-state index contributed by atoms with van der Waals surface area (Å²) in [6, 6.07) is 4.46. The first-order chi connectivity index (χ1) is 8.65. The fraction of sp³-hybridized carbons (Fsp3) is 0.231. The lowest BCUT2D eigenvalue weighted by Gasteiger charge is -2.07. The molecule has 0 atom stereocenters. The molecule has 5 heteroatoms. The van der Waals surface area contributed by atoms with Crippen molar-refractivity contribution in [2.45, 2.75) is 19.3 Å². The Morgan fingerprint density at radius 1 is 1.22 bits per heavy atom. The molecule has 2 aromatic rings. The number of hydrogen-bond acceptors (Lipinski definition) is 2. The van der Waals surface area contributed by atoms with Gasteiger partial charge in [0.05, 0.1) is 0 Å². The van der Waals surface area contributed by atoms with E-state index in [1.807, 2.05) is 0 Å². The van der Waals surface area contributed by atoms with Gasteiger partial charge in [-0.25, -0.2) is 14.4 Å². The molecule has 0 N–H and O–H groups in total. The van der Waals surface area contributed by atoms with Crippen LogP contribution in [0, 0.1) is 5.82 Å². The van der Waals surface area contributed by atoms with Gasteiger partial charge < -0.3 is 0 Å². The normalized spacial score (nSPS) is 13.7. The molecule has 92 valence electrons. The Balaban J connectivity index is 2.15. The number of nitrogens with zero attached hydrogens (tertiary/aromatic N) is 2. The topological polar surface area (TPSA) is 25.8 Å². The molecule has 1 aliphatic rings. The number of aryl methyl sites for hydroxylation is 1. The second-order valence-corrected chi connectivity index (χ2v) is 5.45. The van der Waals surface area contributed by atoms with Crippen LogP contribution in [0.2, 0.25) is 5.15 Å². The van der Waals surface area contributed by atoms with E-state index in [0.717, 1.165) is 36.1 Å². The van der Waals surface area contributed by atoms with Crippen molar-refractivity contribution in [3.63, 3.8) is 0 Å². The van der Waals surface area contributed by atoms with Crippen LogP contribution in [-0.2, 0) is 12.8 Å². The second kappa shape index (κ2) is 4.59. The number of benzene rings is 1. The van der Waals surface area contributed by atoms with Crippen LogP contribution in [0.1, 0.15) is 17.7 Å². The summed E-state index contributed by atoms with van der Waals surface area (Å²) in [5.41, 5.74) is 2.83. The molecule has 0 spiro atoms. The van der Waals surface area contributed by atoms with Crippen molar-refractivity contribution in [1.82, 2.24) is 9.97 Å². The van der Waals surface area contributed by atoms with Crippen molar-refractivity contribution in [2.24, 2.45) is 0 Å². The first-order valence-corrected chi connectivity index (χ1v) is 6.83. The van der Waals surface area contributed by atoms with E-state index >= 15 is 0 Å². The average Bonchev–Trinajstić information content (AvgIpc) is 2.77. The van der Waals surface area contributed by atoms with Gasteiger partial charge in [-0.1, -0.05) is 11.6 Å². The lowest BCUT2D eigenvalue weighted by atomic mass is 10.2. The molecular weight excluding hydrogens is 319 g/mol. The third-order valence-electron chi connectivity index (χ3n) is 3.05. The second-order valence-electron chi connectivity index (χ2n) is 4.24. The Labute approximate surface area is 117 Å². The lowest BCUT2D eigenvalue weighted by molar-refractivity contribution is 0.627. The van der Waals surface area contributed by atoms with Gasteiger partial charge in [0.15, 0.2) is 5.82 Å². The van der Waals surface area contributed by atoms with Crippen LogP contribution < -0.4 is 0 Å². The van der Waals surface area contributed by atoms with Crippen molar-refractivity contribution in [2.75, 3.05) is 0 Å². The molecular formula is C13H9BrClFN2. The van der Waals surface area contributed by atoms with Gasteiger partial charge in [0.2, 0.25) is 0 Å². The summed E-state index contributed by atoms with van der Waals surface area (Å²) in [6.45, 7) is 0. The fourth-order valence-electron chi connectivity index (χ4n) is 2.18. The van der Waals surface area contributed by atoms with E-state index in [0.29, 0.717) is 15.5 Å². The van der Waals surface area contributed by atoms with Crippen molar-refractivity contribution in [1.29, 1.82) is 0 Å². The number of hydrogen-bond donors (Lipinski definition) is 0. The summed E-state index contributed by atoms with van der Waals surface area (Å²) in [7, 11) is 0. The van der Waals surface area contributed by atoms with Crippen LogP contribution in [0.15, 0.2) is 22.7 Å². The first-order valence-electron chi connectivity index (χ1n) is 5.66. The van der Waals surface area contributed by atoms with E-state index in [4.69, 9.17) is 11.6 Å². The predicted molar refractivity (Wildman–Crippen MR) is 72.2 cm³/mol. The van der Waals surface area contributed by atoms with Crippen molar-refractivity contribution in [3.8, 4) is 11.4 Å². The molecule has 0 amide bonds. The Hall–Kier alpha value is -1.00. The fourth-order valence-corrected chi connectivity index (χ4v) is 2.99. The molecule has 0 saturated heterocycles. The smallest absolute Gasteiger partial charge is 0.162 e. The Bertz CT molecular complexity index is 631. The van der Waals surface area contributed by atoms with Gasteiger partial charge in [0.25, 0.3) is 0 Å². The molecule has 3 rings (SSSR count). The number of halogens is 3. The minimum absolute atomic E-state index is 0.294. The van der Waals surface area contributed by atoms with Crippen LogP contribution in [0.25, 0.3) is 11.4 Å². The van der Waals surface area contributed by atoms with Gasteiger partial charge in [-0.3, -0.25) is 0 Å². The number of aromatic nitrogens is 2. The zero-order valence-electron chi connectivity index (χ0n) is 9.38. The molecule has 1 aliphatic carbocycles. The Morgan fingerprint density at radius 3 is 2.83 bits per heavy atom. The molecule has 18 heavy (non-hydrogen) atoms. The monoisotopic (exact) mass is 326 g/mol. The molecule has 1 heterocycles. The summed E-state index contributed by atoms with van der Waals surface area (Å²) in [4.78, 5) is 8.83. The van der Waals surface area contributed by atoms with Crippen molar-refractivity contribution < 1.29 is 4.39 Å². The van der Waals surface area contributed by atoms with E-state index < -0.39 is 0 Å². The van der Waals surface area contributed by atoms with E-state index in [-0.39, 0.29) is 5.82 Å². The predicted octanol–water partition coefficient (Wildman–Crippen LogP) is 4.19. The Morgan fingerprint density at radius 2 is 2.06 bits per heavy atom. The maximum Gasteiger partial charge on any atom is 0.162 e. The molecule has 0 unspecified atom stereocenters. The minimum atomic E-state index is -0.294. The summed E-state index contributed by atoms with van der Waals surface area (Å²) < 4.78 is 13.7. The average molecular weight is 328 g/mol. The van der Waals surface area contributed by atoms with Gasteiger partial charge in [-0.2, -0.15) is 0 Å².